The van der Waals surface area contributed by atoms with Crippen molar-refractivity contribution in [2.24, 2.45) is 0 Å². The quantitative estimate of drug-likeness (QED) is 0.725. The molecule has 0 saturated heterocycles. The van der Waals surface area contributed by atoms with Crippen molar-refractivity contribution in [3.05, 3.63) is 29.3 Å². The van der Waals surface area contributed by atoms with Crippen molar-refractivity contribution in [3.63, 3.8) is 0 Å². The lowest BCUT2D eigenvalue weighted by Crippen LogP contribution is -1.96. The number of phenols is 1. The molecule has 0 saturated carbocycles. The molecule has 1 atom stereocenters. The summed E-state index contributed by atoms with van der Waals surface area (Å²) in [6.07, 6.45) is 2.87. The van der Waals surface area contributed by atoms with Gasteiger partial charge in [-0.3, -0.25) is 0 Å². The summed E-state index contributed by atoms with van der Waals surface area (Å²) in [5.74, 6) is 0.759. The van der Waals surface area contributed by atoms with Gasteiger partial charge in [0.25, 0.3) is 0 Å². The Labute approximate surface area is 77.8 Å². The zero-order valence-corrected chi connectivity index (χ0v) is 7.53. The minimum atomic E-state index is 0.207. The maximum atomic E-state index is 9.65. The fourth-order valence-corrected chi connectivity index (χ4v) is 2.21. The molecule has 0 aromatic heterocycles. The molecule has 0 spiro atoms. The summed E-state index contributed by atoms with van der Waals surface area (Å²) in [4.78, 5) is 0. The van der Waals surface area contributed by atoms with Gasteiger partial charge in [-0.2, -0.15) is 0 Å². The van der Waals surface area contributed by atoms with Gasteiger partial charge in [0.15, 0.2) is 0 Å². The summed E-state index contributed by atoms with van der Waals surface area (Å²) in [7, 11) is 0. The topological polar surface area (TPSA) is 40.5 Å². The molecule has 2 heteroatoms. The Kier molecular flexibility index (Phi) is 2.23. The summed E-state index contributed by atoms with van der Waals surface area (Å²) < 4.78 is 0. The lowest BCUT2D eigenvalue weighted by Gasteiger charge is -2.10. The van der Waals surface area contributed by atoms with Gasteiger partial charge in [0.2, 0.25) is 0 Å². The molecule has 1 aromatic carbocycles. The van der Waals surface area contributed by atoms with Crippen LogP contribution in [0.2, 0.25) is 0 Å². The highest BCUT2D eigenvalue weighted by atomic mass is 16.3. The van der Waals surface area contributed by atoms with Crippen molar-refractivity contribution in [1.82, 2.24) is 0 Å². The number of hydrogen-bond donors (Lipinski definition) is 2. The van der Waals surface area contributed by atoms with Crippen LogP contribution in [0.5, 0.6) is 5.75 Å². The maximum absolute atomic E-state index is 9.65. The molecule has 2 rings (SSSR count). The Balaban J connectivity index is 2.34. The molecule has 0 radical (unpaired) electrons. The molecule has 0 amide bonds. The Hall–Kier alpha value is -1.02. The summed E-state index contributed by atoms with van der Waals surface area (Å²) in [5.41, 5.74) is 2.31. The van der Waals surface area contributed by atoms with Gasteiger partial charge in [0.05, 0.1) is 0 Å². The molecule has 1 aliphatic rings. The number of aliphatic hydroxyl groups excluding tert-OH is 1. The summed E-state index contributed by atoms with van der Waals surface area (Å²) >= 11 is 0. The van der Waals surface area contributed by atoms with Crippen LogP contribution >= 0.6 is 0 Å². The lowest BCUT2D eigenvalue weighted by atomic mass is 9.97. The molecule has 13 heavy (non-hydrogen) atoms. The Bertz CT molecular complexity index is 305. The number of aliphatic hydroxyl groups is 1. The highest BCUT2D eigenvalue weighted by Gasteiger charge is 2.24. The molecular weight excluding hydrogens is 164 g/mol. The molecular formula is C11H14O2. The van der Waals surface area contributed by atoms with Gasteiger partial charge < -0.3 is 10.2 Å². The second kappa shape index (κ2) is 3.38. The molecule has 1 unspecified atom stereocenters. The molecule has 0 fully saturated rings. The van der Waals surface area contributed by atoms with Gasteiger partial charge in [0, 0.05) is 12.2 Å². The van der Waals surface area contributed by atoms with Gasteiger partial charge in [-0.25, -0.2) is 0 Å². The van der Waals surface area contributed by atoms with E-state index in [1.165, 1.54) is 5.56 Å². The van der Waals surface area contributed by atoms with E-state index in [-0.39, 0.29) is 6.61 Å². The Morgan fingerprint density at radius 1 is 1.38 bits per heavy atom. The van der Waals surface area contributed by atoms with E-state index in [9.17, 15) is 5.11 Å². The summed E-state index contributed by atoms with van der Waals surface area (Å²) in [6, 6.07) is 5.68. The first-order valence-electron chi connectivity index (χ1n) is 4.74. The van der Waals surface area contributed by atoms with Crippen LogP contribution < -0.4 is 0 Å². The van der Waals surface area contributed by atoms with Crippen LogP contribution in [0, 0.1) is 0 Å². The van der Waals surface area contributed by atoms with Gasteiger partial charge in [-0.1, -0.05) is 12.1 Å². The van der Waals surface area contributed by atoms with E-state index in [0.29, 0.717) is 11.7 Å². The summed E-state index contributed by atoms with van der Waals surface area (Å²) in [6.45, 7) is 0.207. The van der Waals surface area contributed by atoms with Crippen LogP contribution in [0.1, 0.15) is 29.9 Å². The number of fused-ring (bicyclic) bond motifs is 1. The first kappa shape index (κ1) is 8.57. The van der Waals surface area contributed by atoms with Gasteiger partial charge in [-0.15, -0.1) is 0 Å². The predicted molar refractivity (Wildman–Crippen MR) is 50.9 cm³/mol. The average Bonchev–Trinajstić information content (AvgIpc) is 2.51. The van der Waals surface area contributed by atoms with Crippen LogP contribution in [0.3, 0.4) is 0 Å². The molecule has 0 bridgehead atoms. The zero-order chi connectivity index (χ0) is 9.26. The van der Waals surface area contributed by atoms with Crippen LogP contribution in [-0.4, -0.2) is 16.8 Å². The average molecular weight is 178 g/mol. The third kappa shape index (κ3) is 1.42. The highest BCUT2D eigenvalue weighted by Crippen LogP contribution is 2.40. The molecule has 2 N–H and O–H groups in total. The second-order valence-electron chi connectivity index (χ2n) is 3.60. The smallest absolute Gasteiger partial charge is 0.119 e. The maximum Gasteiger partial charge on any atom is 0.119 e. The predicted octanol–water partition coefficient (Wildman–Crippen LogP) is 1.80. The standard InChI is InChI=1S/C11H14O2/c12-7-6-9-5-4-8-2-1-3-10(13)11(8)9/h1-3,9,12-13H,4-7H2. The van der Waals surface area contributed by atoms with Crippen LogP contribution in [0.25, 0.3) is 0 Å². The third-order valence-corrected chi connectivity index (χ3v) is 2.82. The fourth-order valence-electron chi connectivity index (χ4n) is 2.21. The van der Waals surface area contributed by atoms with Crippen molar-refractivity contribution in [1.29, 1.82) is 0 Å². The van der Waals surface area contributed by atoms with E-state index in [0.717, 1.165) is 24.8 Å². The number of aryl methyl sites for hydroxylation is 1. The van der Waals surface area contributed by atoms with Gasteiger partial charge in [0.1, 0.15) is 5.75 Å². The minimum Gasteiger partial charge on any atom is -0.508 e. The fraction of sp³-hybridized carbons (Fsp3) is 0.455. The second-order valence-corrected chi connectivity index (χ2v) is 3.60. The number of benzene rings is 1. The van der Waals surface area contributed by atoms with E-state index in [2.05, 4.69) is 6.07 Å². The molecule has 70 valence electrons. The Morgan fingerprint density at radius 2 is 2.23 bits per heavy atom. The minimum absolute atomic E-state index is 0.207. The first-order chi connectivity index (χ1) is 6.33. The number of aromatic hydroxyl groups is 1. The number of rotatable bonds is 2. The summed E-state index contributed by atoms with van der Waals surface area (Å²) in [5, 5.41) is 18.5. The van der Waals surface area contributed by atoms with Crippen molar-refractivity contribution in [2.45, 2.75) is 25.2 Å². The van der Waals surface area contributed by atoms with Crippen LogP contribution in [0.15, 0.2) is 18.2 Å². The Morgan fingerprint density at radius 3 is 3.00 bits per heavy atom. The highest BCUT2D eigenvalue weighted by molar-refractivity contribution is 5.44. The van der Waals surface area contributed by atoms with Crippen LogP contribution in [0.4, 0.5) is 0 Å². The number of hydrogen-bond acceptors (Lipinski definition) is 2. The molecule has 1 aliphatic carbocycles. The van der Waals surface area contributed by atoms with Crippen LogP contribution in [-0.2, 0) is 6.42 Å². The number of phenolic OH excluding ortho intramolecular Hbond substituents is 1. The van der Waals surface area contributed by atoms with Gasteiger partial charge >= 0.3 is 0 Å². The van der Waals surface area contributed by atoms with Gasteiger partial charge in [-0.05, 0) is 36.8 Å². The van der Waals surface area contributed by atoms with E-state index in [4.69, 9.17) is 5.11 Å². The van der Waals surface area contributed by atoms with E-state index >= 15 is 0 Å². The molecule has 1 aromatic rings. The molecule has 0 aliphatic heterocycles. The van der Waals surface area contributed by atoms with Crippen molar-refractivity contribution >= 4 is 0 Å². The largest absolute Gasteiger partial charge is 0.508 e. The monoisotopic (exact) mass is 178 g/mol. The third-order valence-electron chi connectivity index (χ3n) is 2.82. The molecule has 0 heterocycles. The lowest BCUT2D eigenvalue weighted by molar-refractivity contribution is 0.274. The van der Waals surface area contributed by atoms with Crippen molar-refractivity contribution in [3.8, 4) is 5.75 Å². The van der Waals surface area contributed by atoms with E-state index < -0.39 is 0 Å². The van der Waals surface area contributed by atoms with Crippen molar-refractivity contribution < 1.29 is 10.2 Å². The SMILES string of the molecule is OCCC1CCc2cccc(O)c21. The zero-order valence-electron chi connectivity index (χ0n) is 7.53. The van der Waals surface area contributed by atoms with E-state index in [1.807, 2.05) is 6.07 Å². The normalized spacial score (nSPS) is 20.2. The molecule has 2 nitrogen and oxygen atoms in total. The van der Waals surface area contributed by atoms with Crippen molar-refractivity contribution in [2.75, 3.05) is 6.61 Å². The van der Waals surface area contributed by atoms with E-state index in [1.54, 1.807) is 6.07 Å². The first-order valence-corrected chi connectivity index (χ1v) is 4.74.